The van der Waals surface area contributed by atoms with E-state index < -0.39 is 10.0 Å². The van der Waals surface area contributed by atoms with Crippen molar-refractivity contribution in [1.82, 2.24) is 0 Å². The molecule has 1 aromatic carbocycles. The van der Waals surface area contributed by atoms with Crippen LogP contribution in [0.3, 0.4) is 0 Å². The number of ether oxygens (including phenoxy) is 2. The third kappa shape index (κ3) is 3.83. The molecule has 0 amide bonds. The van der Waals surface area contributed by atoms with E-state index >= 15 is 0 Å². The minimum atomic E-state index is -3.64. The summed E-state index contributed by atoms with van der Waals surface area (Å²) < 4.78 is 38.4. The van der Waals surface area contributed by atoms with Crippen LogP contribution in [0, 0.1) is 0 Å². The summed E-state index contributed by atoms with van der Waals surface area (Å²) in [5, 5.41) is 1.70. The smallest absolute Gasteiger partial charge is 0.291 e. The molecule has 7 heteroatoms. The van der Waals surface area contributed by atoms with Gasteiger partial charge in [-0.3, -0.25) is 0 Å². The van der Waals surface area contributed by atoms with Crippen LogP contribution >= 0.6 is 11.3 Å². The van der Waals surface area contributed by atoms with Crippen molar-refractivity contribution in [3.63, 3.8) is 0 Å². The molecule has 0 atom stereocenters. The second kappa shape index (κ2) is 6.73. The van der Waals surface area contributed by atoms with Gasteiger partial charge in [0.05, 0.1) is 13.7 Å². The summed E-state index contributed by atoms with van der Waals surface area (Å²) in [6.07, 6.45) is 1.30. The SMILES string of the molecule is CCOc1cc(/C=N\S(=O)(=O)c2cccs2)ccc1OC. The van der Waals surface area contributed by atoms with Gasteiger partial charge in [-0.15, -0.1) is 11.3 Å². The molecule has 0 fully saturated rings. The summed E-state index contributed by atoms with van der Waals surface area (Å²) in [7, 11) is -2.09. The lowest BCUT2D eigenvalue weighted by molar-refractivity contribution is 0.311. The molecule has 0 aliphatic rings. The van der Waals surface area contributed by atoms with Crippen molar-refractivity contribution in [2.24, 2.45) is 4.40 Å². The fourth-order valence-corrected chi connectivity index (χ4v) is 3.48. The lowest BCUT2D eigenvalue weighted by atomic mass is 10.2. The molecular weight excluding hydrogens is 310 g/mol. The lowest BCUT2D eigenvalue weighted by Gasteiger charge is -2.09. The Morgan fingerprint density at radius 3 is 2.71 bits per heavy atom. The van der Waals surface area contributed by atoms with E-state index in [-0.39, 0.29) is 4.21 Å². The van der Waals surface area contributed by atoms with E-state index in [1.807, 2.05) is 6.92 Å². The molecule has 2 aromatic rings. The molecule has 2 rings (SSSR count). The molecule has 0 radical (unpaired) electrons. The van der Waals surface area contributed by atoms with Crippen molar-refractivity contribution in [1.29, 1.82) is 0 Å². The minimum absolute atomic E-state index is 0.220. The average Bonchev–Trinajstić information content (AvgIpc) is 3.01. The van der Waals surface area contributed by atoms with Crippen LogP contribution in [0.4, 0.5) is 0 Å². The van der Waals surface area contributed by atoms with E-state index in [0.717, 1.165) is 11.3 Å². The first-order valence-electron chi connectivity index (χ1n) is 6.21. The van der Waals surface area contributed by atoms with E-state index in [9.17, 15) is 8.42 Å². The molecule has 5 nitrogen and oxygen atoms in total. The first-order chi connectivity index (χ1) is 10.1. The standard InChI is InChI=1S/C14H15NO4S2/c1-3-19-13-9-11(6-7-12(13)18-2)10-15-21(16,17)14-5-4-8-20-14/h4-10H,3H2,1-2H3/b15-10-. The molecule has 0 N–H and O–H groups in total. The van der Waals surface area contributed by atoms with Crippen LogP contribution in [-0.4, -0.2) is 28.3 Å². The number of thiophene rings is 1. The van der Waals surface area contributed by atoms with E-state index in [2.05, 4.69) is 4.40 Å². The number of rotatable bonds is 6. The Morgan fingerprint density at radius 1 is 1.29 bits per heavy atom. The van der Waals surface area contributed by atoms with Crippen LogP contribution in [0.25, 0.3) is 0 Å². The molecule has 0 aliphatic carbocycles. The summed E-state index contributed by atoms with van der Waals surface area (Å²) in [5.74, 6) is 1.15. The van der Waals surface area contributed by atoms with Crippen LogP contribution in [0.5, 0.6) is 11.5 Å². The molecule has 0 unspecified atom stereocenters. The van der Waals surface area contributed by atoms with Gasteiger partial charge in [0.15, 0.2) is 11.5 Å². The van der Waals surface area contributed by atoms with Crippen molar-refractivity contribution in [2.45, 2.75) is 11.1 Å². The Labute approximate surface area is 127 Å². The molecule has 112 valence electrons. The van der Waals surface area contributed by atoms with Crippen molar-refractivity contribution in [3.8, 4) is 11.5 Å². The molecule has 1 heterocycles. The van der Waals surface area contributed by atoms with Crippen LogP contribution < -0.4 is 9.47 Å². The van der Waals surface area contributed by atoms with Crippen molar-refractivity contribution in [3.05, 3.63) is 41.3 Å². The Kier molecular flexibility index (Phi) is 4.98. The van der Waals surface area contributed by atoms with E-state index in [1.54, 1.807) is 36.8 Å². The molecule has 0 spiro atoms. The highest BCUT2D eigenvalue weighted by molar-refractivity contribution is 7.92. The van der Waals surface area contributed by atoms with Gasteiger partial charge in [-0.1, -0.05) is 6.07 Å². The van der Waals surface area contributed by atoms with Gasteiger partial charge in [0, 0.05) is 6.21 Å². The molecule has 0 bridgehead atoms. The van der Waals surface area contributed by atoms with Gasteiger partial charge in [0.25, 0.3) is 10.0 Å². The first kappa shape index (κ1) is 15.5. The third-order valence-electron chi connectivity index (χ3n) is 2.58. The van der Waals surface area contributed by atoms with Gasteiger partial charge in [-0.05, 0) is 42.1 Å². The van der Waals surface area contributed by atoms with Crippen LogP contribution in [0.15, 0.2) is 44.3 Å². The van der Waals surface area contributed by atoms with E-state index in [4.69, 9.17) is 9.47 Å². The molecule has 0 saturated carbocycles. The van der Waals surface area contributed by atoms with Gasteiger partial charge in [-0.2, -0.15) is 12.8 Å². The Balaban J connectivity index is 2.27. The molecular formula is C14H15NO4S2. The second-order valence-electron chi connectivity index (χ2n) is 3.98. The topological polar surface area (TPSA) is 65.0 Å². The fraction of sp³-hybridized carbons (Fsp3) is 0.214. The third-order valence-corrected chi connectivity index (χ3v) is 5.19. The van der Waals surface area contributed by atoms with E-state index in [1.165, 1.54) is 12.3 Å². The van der Waals surface area contributed by atoms with Crippen LogP contribution in [0.1, 0.15) is 12.5 Å². The number of nitrogens with zero attached hydrogens (tertiary/aromatic N) is 1. The lowest BCUT2D eigenvalue weighted by Crippen LogP contribution is -1.98. The van der Waals surface area contributed by atoms with Gasteiger partial charge in [0.1, 0.15) is 4.21 Å². The number of benzene rings is 1. The highest BCUT2D eigenvalue weighted by Crippen LogP contribution is 2.27. The van der Waals surface area contributed by atoms with Gasteiger partial charge in [0.2, 0.25) is 0 Å². The summed E-state index contributed by atoms with van der Waals surface area (Å²) >= 11 is 1.14. The van der Waals surface area contributed by atoms with Crippen LogP contribution in [-0.2, 0) is 10.0 Å². The quantitative estimate of drug-likeness (QED) is 0.766. The predicted molar refractivity (Wildman–Crippen MR) is 83.3 cm³/mol. The predicted octanol–water partition coefficient (Wildman–Crippen LogP) is 2.96. The Morgan fingerprint density at radius 2 is 2.10 bits per heavy atom. The molecule has 21 heavy (non-hydrogen) atoms. The first-order valence-corrected chi connectivity index (χ1v) is 8.53. The maximum atomic E-state index is 12.0. The largest absolute Gasteiger partial charge is 0.493 e. The number of methoxy groups -OCH3 is 1. The highest BCUT2D eigenvalue weighted by atomic mass is 32.2. The van der Waals surface area contributed by atoms with Crippen LogP contribution in [0.2, 0.25) is 0 Å². The van der Waals surface area contributed by atoms with Crippen molar-refractivity contribution in [2.75, 3.05) is 13.7 Å². The zero-order valence-electron chi connectivity index (χ0n) is 11.6. The van der Waals surface area contributed by atoms with E-state index in [0.29, 0.717) is 23.7 Å². The minimum Gasteiger partial charge on any atom is -0.493 e. The summed E-state index contributed by atoms with van der Waals surface area (Å²) in [6, 6.07) is 8.32. The Bertz CT molecular complexity index is 721. The number of sulfonamides is 1. The van der Waals surface area contributed by atoms with Crippen molar-refractivity contribution >= 4 is 27.6 Å². The molecule has 0 saturated heterocycles. The number of hydrogen-bond acceptors (Lipinski definition) is 5. The van der Waals surface area contributed by atoms with Gasteiger partial charge < -0.3 is 9.47 Å². The zero-order valence-corrected chi connectivity index (χ0v) is 13.3. The normalized spacial score (nSPS) is 11.7. The van der Waals surface area contributed by atoms with Crippen molar-refractivity contribution < 1.29 is 17.9 Å². The van der Waals surface area contributed by atoms with Gasteiger partial charge >= 0.3 is 0 Å². The monoisotopic (exact) mass is 325 g/mol. The Hall–Kier alpha value is -1.86. The highest BCUT2D eigenvalue weighted by Gasteiger charge is 2.12. The average molecular weight is 325 g/mol. The molecule has 0 aliphatic heterocycles. The second-order valence-corrected chi connectivity index (χ2v) is 6.79. The fourth-order valence-electron chi connectivity index (χ4n) is 1.63. The summed E-state index contributed by atoms with van der Waals surface area (Å²) in [6.45, 7) is 2.35. The summed E-state index contributed by atoms with van der Waals surface area (Å²) in [5.41, 5.74) is 0.624. The van der Waals surface area contributed by atoms with Gasteiger partial charge in [-0.25, -0.2) is 0 Å². The zero-order chi connectivity index (χ0) is 15.3. The molecule has 1 aromatic heterocycles. The number of hydrogen-bond donors (Lipinski definition) is 0. The summed E-state index contributed by atoms with van der Waals surface area (Å²) in [4.78, 5) is 0. The maximum absolute atomic E-state index is 12.0. The maximum Gasteiger partial charge on any atom is 0.291 e.